The summed E-state index contributed by atoms with van der Waals surface area (Å²) < 4.78 is 1.75. The van der Waals surface area contributed by atoms with E-state index < -0.39 is 0 Å². The first-order valence-corrected chi connectivity index (χ1v) is 6.61. The molecule has 0 aliphatic heterocycles. The van der Waals surface area contributed by atoms with Crippen molar-refractivity contribution in [2.75, 3.05) is 19.6 Å². The lowest BCUT2D eigenvalue weighted by Crippen LogP contribution is -2.46. The van der Waals surface area contributed by atoms with Crippen molar-refractivity contribution < 1.29 is 4.79 Å². The highest BCUT2D eigenvalue weighted by Crippen LogP contribution is 2.36. The van der Waals surface area contributed by atoms with Crippen LogP contribution in [0.5, 0.6) is 0 Å². The summed E-state index contributed by atoms with van der Waals surface area (Å²) in [6.07, 6.45) is 5.42. The largest absolute Gasteiger partial charge is 0.344 e. The number of amides is 1. The maximum atomic E-state index is 12.1. The summed E-state index contributed by atoms with van der Waals surface area (Å²) in [6.45, 7) is 7.31. The monoisotopic (exact) mass is 250 g/mol. The molecule has 1 aromatic heterocycles. The van der Waals surface area contributed by atoms with Gasteiger partial charge in [-0.2, -0.15) is 0 Å². The number of likely N-dealkylation sites (N-methyl/N-ethyl adjacent to an activating group) is 1. The number of carbonyl (C=O) groups is 1. The molecule has 0 bridgehead atoms. The summed E-state index contributed by atoms with van der Waals surface area (Å²) in [5, 5.41) is 3.17. The van der Waals surface area contributed by atoms with Gasteiger partial charge >= 0.3 is 0 Å². The van der Waals surface area contributed by atoms with Crippen LogP contribution in [0.2, 0.25) is 0 Å². The molecule has 1 aliphatic carbocycles. The van der Waals surface area contributed by atoms with E-state index in [1.807, 2.05) is 7.05 Å². The number of rotatable bonds is 6. The Morgan fingerprint density at radius 3 is 2.61 bits per heavy atom. The molecule has 5 nitrogen and oxygen atoms in total. The van der Waals surface area contributed by atoms with Gasteiger partial charge in [0.1, 0.15) is 5.69 Å². The van der Waals surface area contributed by atoms with Crippen LogP contribution in [0.3, 0.4) is 0 Å². The van der Waals surface area contributed by atoms with E-state index in [0.717, 1.165) is 32.5 Å². The van der Waals surface area contributed by atoms with E-state index in [2.05, 4.69) is 29.0 Å². The Kier molecular flexibility index (Phi) is 3.71. The van der Waals surface area contributed by atoms with Crippen LogP contribution in [-0.4, -0.2) is 45.5 Å². The van der Waals surface area contributed by atoms with Crippen molar-refractivity contribution in [2.24, 2.45) is 7.05 Å². The summed E-state index contributed by atoms with van der Waals surface area (Å²) in [5.74, 6) is -0.0142. The minimum atomic E-state index is -0.0142. The molecule has 18 heavy (non-hydrogen) atoms. The molecule has 0 unspecified atom stereocenters. The van der Waals surface area contributed by atoms with Crippen LogP contribution in [0.15, 0.2) is 12.5 Å². The normalized spacial score (nSPS) is 16.9. The number of hydrogen-bond donors (Lipinski definition) is 1. The van der Waals surface area contributed by atoms with Crippen molar-refractivity contribution in [2.45, 2.75) is 32.2 Å². The molecule has 0 saturated heterocycles. The van der Waals surface area contributed by atoms with E-state index in [0.29, 0.717) is 5.69 Å². The molecule has 100 valence electrons. The number of aryl methyl sites for hydroxylation is 1. The first-order chi connectivity index (χ1) is 8.60. The molecule has 1 amide bonds. The Labute approximate surface area is 108 Å². The first kappa shape index (κ1) is 13.1. The van der Waals surface area contributed by atoms with E-state index in [9.17, 15) is 4.79 Å². The topological polar surface area (TPSA) is 50.2 Å². The number of nitrogens with one attached hydrogen (secondary N) is 1. The molecule has 1 fully saturated rings. The molecule has 1 heterocycles. The second kappa shape index (κ2) is 5.10. The van der Waals surface area contributed by atoms with Gasteiger partial charge in [-0.3, -0.25) is 4.79 Å². The highest BCUT2D eigenvalue weighted by molar-refractivity contribution is 5.93. The lowest BCUT2D eigenvalue weighted by atomic mass is 10.2. The molecule has 1 saturated carbocycles. The molecule has 1 N–H and O–H groups in total. The fraction of sp³-hybridized carbons (Fsp3) is 0.692. The van der Waals surface area contributed by atoms with E-state index in [-0.39, 0.29) is 11.4 Å². The van der Waals surface area contributed by atoms with Crippen molar-refractivity contribution >= 4 is 5.91 Å². The van der Waals surface area contributed by atoms with Crippen molar-refractivity contribution in [1.82, 2.24) is 19.8 Å². The Morgan fingerprint density at radius 2 is 2.17 bits per heavy atom. The first-order valence-electron chi connectivity index (χ1n) is 6.61. The van der Waals surface area contributed by atoms with Crippen LogP contribution >= 0.6 is 0 Å². The lowest BCUT2D eigenvalue weighted by molar-refractivity contribution is 0.0909. The number of aromatic nitrogens is 2. The molecule has 2 rings (SSSR count). The average Bonchev–Trinajstić information content (AvgIpc) is 2.97. The van der Waals surface area contributed by atoms with Gasteiger partial charge in [0.25, 0.3) is 5.91 Å². The smallest absolute Gasteiger partial charge is 0.270 e. The van der Waals surface area contributed by atoms with E-state index in [4.69, 9.17) is 0 Å². The highest BCUT2D eigenvalue weighted by atomic mass is 16.2. The summed E-state index contributed by atoms with van der Waals surface area (Å²) in [5.41, 5.74) is 0.619. The van der Waals surface area contributed by atoms with E-state index in [1.54, 1.807) is 17.1 Å². The van der Waals surface area contributed by atoms with Gasteiger partial charge in [0.2, 0.25) is 0 Å². The minimum Gasteiger partial charge on any atom is -0.344 e. The quantitative estimate of drug-likeness (QED) is 0.820. The molecular formula is C13H22N4O. The summed E-state index contributed by atoms with van der Waals surface area (Å²) in [6, 6.07) is 0. The van der Waals surface area contributed by atoms with Crippen molar-refractivity contribution in [1.29, 1.82) is 0 Å². The molecule has 0 atom stereocenters. The SMILES string of the molecule is CCN(CC)CC1(NC(=O)c2cncn2C)CC1. The van der Waals surface area contributed by atoms with Crippen LogP contribution in [0.1, 0.15) is 37.2 Å². The Balaban J connectivity index is 1.97. The maximum Gasteiger partial charge on any atom is 0.270 e. The second-order valence-corrected chi connectivity index (χ2v) is 5.09. The molecule has 5 heteroatoms. The Morgan fingerprint density at radius 1 is 1.50 bits per heavy atom. The van der Waals surface area contributed by atoms with Crippen LogP contribution < -0.4 is 5.32 Å². The van der Waals surface area contributed by atoms with Gasteiger partial charge in [0.15, 0.2) is 0 Å². The van der Waals surface area contributed by atoms with Crippen LogP contribution in [0.25, 0.3) is 0 Å². The van der Waals surface area contributed by atoms with Gasteiger partial charge in [0.05, 0.1) is 18.1 Å². The highest BCUT2D eigenvalue weighted by Gasteiger charge is 2.45. The third-order valence-corrected chi connectivity index (χ3v) is 3.70. The molecular weight excluding hydrogens is 228 g/mol. The number of carbonyl (C=O) groups excluding carboxylic acids is 1. The Hall–Kier alpha value is -1.36. The van der Waals surface area contributed by atoms with Crippen molar-refractivity contribution in [3.63, 3.8) is 0 Å². The van der Waals surface area contributed by atoms with E-state index >= 15 is 0 Å². The van der Waals surface area contributed by atoms with Crippen LogP contribution in [0, 0.1) is 0 Å². The Bertz CT molecular complexity index is 418. The fourth-order valence-electron chi connectivity index (χ4n) is 2.23. The van der Waals surface area contributed by atoms with Gasteiger partial charge in [0, 0.05) is 13.6 Å². The zero-order valence-corrected chi connectivity index (χ0v) is 11.4. The predicted molar refractivity (Wildman–Crippen MR) is 70.4 cm³/mol. The van der Waals surface area contributed by atoms with Gasteiger partial charge in [-0.1, -0.05) is 13.8 Å². The van der Waals surface area contributed by atoms with Gasteiger partial charge in [-0.25, -0.2) is 4.98 Å². The van der Waals surface area contributed by atoms with E-state index in [1.165, 1.54) is 0 Å². The zero-order valence-electron chi connectivity index (χ0n) is 11.4. The third kappa shape index (κ3) is 2.72. The van der Waals surface area contributed by atoms with Crippen molar-refractivity contribution in [3.05, 3.63) is 18.2 Å². The van der Waals surface area contributed by atoms with Crippen LogP contribution in [0.4, 0.5) is 0 Å². The van der Waals surface area contributed by atoms with Gasteiger partial charge in [-0.05, 0) is 25.9 Å². The van der Waals surface area contributed by atoms with Crippen LogP contribution in [-0.2, 0) is 7.05 Å². The standard InChI is InChI=1S/C13H22N4O/c1-4-17(5-2)9-13(6-7-13)15-12(18)11-8-14-10-16(11)3/h8,10H,4-7,9H2,1-3H3,(H,15,18). The lowest BCUT2D eigenvalue weighted by Gasteiger charge is -2.25. The van der Waals surface area contributed by atoms with Gasteiger partial charge in [-0.15, -0.1) is 0 Å². The second-order valence-electron chi connectivity index (χ2n) is 5.09. The fourth-order valence-corrected chi connectivity index (χ4v) is 2.23. The maximum absolute atomic E-state index is 12.1. The minimum absolute atomic E-state index is 0.00657. The average molecular weight is 250 g/mol. The van der Waals surface area contributed by atoms with Crippen molar-refractivity contribution in [3.8, 4) is 0 Å². The molecule has 1 aromatic rings. The number of nitrogens with zero attached hydrogens (tertiary/aromatic N) is 3. The molecule has 0 radical (unpaired) electrons. The molecule has 0 aromatic carbocycles. The molecule has 1 aliphatic rings. The number of hydrogen-bond acceptors (Lipinski definition) is 3. The zero-order chi connectivity index (χ0) is 13.2. The third-order valence-electron chi connectivity index (χ3n) is 3.70. The predicted octanol–water partition coefficient (Wildman–Crippen LogP) is 1.02. The summed E-state index contributed by atoms with van der Waals surface area (Å²) in [7, 11) is 1.84. The number of imidazole rings is 1. The van der Waals surface area contributed by atoms with Gasteiger partial charge < -0.3 is 14.8 Å². The summed E-state index contributed by atoms with van der Waals surface area (Å²) >= 11 is 0. The summed E-state index contributed by atoms with van der Waals surface area (Å²) in [4.78, 5) is 18.5. The molecule has 0 spiro atoms.